The number of amides is 1. The van der Waals surface area contributed by atoms with Crippen LogP contribution in [-0.2, 0) is 4.79 Å². The van der Waals surface area contributed by atoms with Crippen molar-refractivity contribution in [3.63, 3.8) is 0 Å². The maximum atomic E-state index is 11.7. The van der Waals surface area contributed by atoms with Gasteiger partial charge in [0.1, 0.15) is 17.2 Å². The third kappa shape index (κ3) is 4.57. The van der Waals surface area contributed by atoms with E-state index in [1.165, 1.54) is 11.3 Å². The van der Waals surface area contributed by atoms with Crippen molar-refractivity contribution in [3.05, 3.63) is 64.3 Å². The maximum absolute atomic E-state index is 11.7. The Labute approximate surface area is 188 Å². The largest absolute Gasteiger partial charge is 0.507 e. The number of thiazole rings is 1. The summed E-state index contributed by atoms with van der Waals surface area (Å²) in [5.74, 6) is 1.11. The zero-order valence-corrected chi connectivity index (χ0v) is 18.5. The molecule has 0 aliphatic carbocycles. The predicted octanol–water partition coefficient (Wildman–Crippen LogP) is 3.62. The van der Waals surface area contributed by atoms with Crippen molar-refractivity contribution in [3.8, 4) is 28.5 Å². The number of aromatic nitrogens is 1. The first kappa shape index (κ1) is 21.4. The molecule has 4 rings (SSSR count). The molecule has 32 heavy (non-hydrogen) atoms. The summed E-state index contributed by atoms with van der Waals surface area (Å²) in [6.07, 6.45) is 1.55. The van der Waals surface area contributed by atoms with Gasteiger partial charge in [-0.05, 0) is 43.3 Å². The van der Waals surface area contributed by atoms with Crippen LogP contribution in [0.5, 0.6) is 17.2 Å². The highest BCUT2D eigenvalue weighted by molar-refractivity contribution is 7.07. The van der Waals surface area contributed by atoms with Crippen LogP contribution in [-0.4, -0.2) is 42.2 Å². The Morgan fingerprint density at radius 2 is 2.22 bits per heavy atom. The molecule has 0 saturated heterocycles. The van der Waals surface area contributed by atoms with E-state index < -0.39 is 0 Å². The van der Waals surface area contributed by atoms with Gasteiger partial charge in [0, 0.05) is 16.5 Å². The van der Waals surface area contributed by atoms with Crippen LogP contribution in [0.25, 0.3) is 11.3 Å². The molecule has 9 heteroatoms. The fourth-order valence-corrected chi connectivity index (χ4v) is 3.88. The molecule has 8 nitrogen and oxygen atoms in total. The number of ether oxygens (including phenoxy) is 2. The van der Waals surface area contributed by atoms with Crippen LogP contribution in [0, 0.1) is 0 Å². The molecule has 2 heterocycles. The molecule has 1 aliphatic heterocycles. The van der Waals surface area contributed by atoms with Crippen molar-refractivity contribution < 1.29 is 19.4 Å². The lowest BCUT2D eigenvalue weighted by Crippen LogP contribution is -2.25. The molecule has 0 saturated carbocycles. The number of anilines is 1. The monoisotopic (exact) mass is 450 g/mol. The zero-order chi connectivity index (χ0) is 22.7. The smallest absolute Gasteiger partial charge is 0.262 e. The molecule has 0 spiro atoms. The normalized spacial score (nSPS) is 13.6. The molecule has 0 bridgehead atoms. The second kappa shape index (κ2) is 9.11. The summed E-state index contributed by atoms with van der Waals surface area (Å²) < 4.78 is 12.4. The minimum atomic E-state index is -0.198. The van der Waals surface area contributed by atoms with E-state index in [1.807, 2.05) is 30.5 Å². The summed E-state index contributed by atoms with van der Waals surface area (Å²) in [5, 5.41) is 19.6. The summed E-state index contributed by atoms with van der Waals surface area (Å²) in [5.41, 5.74) is 3.64. The first-order chi connectivity index (χ1) is 15.4. The van der Waals surface area contributed by atoms with Gasteiger partial charge in [-0.2, -0.15) is 5.10 Å². The van der Waals surface area contributed by atoms with Gasteiger partial charge in [-0.25, -0.2) is 4.68 Å². The summed E-state index contributed by atoms with van der Waals surface area (Å²) in [6, 6.07) is 10.5. The van der Waals surface area contributed by atoms with Gasteiger partial charge in [-0.1, -0.05) is 12.2 Å². The number of carbonyl (C=O) groups is 1. The molecule has 2 N–H and O–H groups in total. The SMILES string of the molecule is C=C(C)CN=c1scc(-c2ccc3c(c2)NC(=O)CO3)n1N=Cc1cc(OC)ccc1O. The Balaban J connectivity index is 1.80. The molecule has 0 fully saturated rings. The summed E-state index contributed by atoms with van der Waals surface area (Å²) in [6.45, 7) is 6.28. The second-order valence-electron chi connectivity index (χ2n) is 7.21. The highest BCUT2D eigenvalue weighted by atomic mass is 32.1. The fraction of sp³-hybridized carbons (Fsp3) is 0.174. The van der Waals surface area contributed by atoms with Crippen molar-refractivity contribution >= 4 is 29.1 Å². The molecular formula is C23H22N4O4S. The van der Waals surface area contributed by atoms with Crippen LogP contribution in [0.3, 0.4) is 0 Å². The number of benzene rings is 2. The van der Waals surface area contributed by atoms with Crippen LogP contribution in [0.15, 0.2) is 64.0 Å². The number of phenols is 1. The minimum Gasteiger partial charge on any atom is -0.507 e. The van der Waals surface area contributed by atoms with Crippen LogP contribution in [0.4, 0.5) is 5.69 Å². The van der Waals surface area contributed by atoms with E-state index in [0.29, 0.717) is 34.1 Å². The summed E-state index contributed by atoms with van der Waals surface area (Å²) in [4.78, 5) is 17.0. The minimum absolute atomic E-state index is 0.00303. The van der Waals surface area contributed by atoms with E-state index in [4.69, 9.17) is 9.47 Å². The Morgan fingerprint density at radius 1 is 1.38 bits per heavy atom. The molecule has 1 aromatic heterocycles. The molecule has 0 atom stereocenters. The van der Waals surface area contributed by atoms with Crippen LogP contribution in [0.2, 0.25) is 0 Å². The molecular weight excluding hydrogens is 428 g/mol. The van der Waals surface area contributed by atoms with Crippen molar-refractivity contribution in [1.29, 1.82) is 0 Å². The van der Waals surface area contributed by atoms with Gasteiger partial charge in [0.25, 0.3) is 5.91 Å². The van der Waals surface area contributed by atoms with Gasteiger partial charge in [0.2, 0.25) is 4.80 Å². The van der Waals surface area contributed by atoms with Crippen LogP contribution < -0.4 is 19.6 Å². The molecule has 0 unspecified atom stereocenters. The van der Waals surface area contributed by atoms with Crippen LogP contribution >= 0.6 is 11.3 Å². The number of fused-ring (bicyclic) bond motifs is 1. The van der Waals surface area contributed by atoms with E-state index in [2.05, 4.69) is 22.0 Å². The molecule has 3 aromatic rings. The van der Waals surface area contributed by atoms with E-state index in [9.17, 15) is 9.90 Å². The van der Waals surface area contributed by atoms with Crippen LogP contribution in [0.1, 0.15) is 12.5 Å². The average Bonchev–Trinajstić information content (AvgIpc) is 3.19. The van der Waals surface area contributed by atoms with E-state index in [0.717, 1.165) is 16.8 Å². The van der Waals surface area contributed by atoms with E-state index in [1.54, 1.807) is 36.2 Å². The number of nitrogens with one attached hydrogen (secondary N) is 1. The van der Waals surface area contributed by atoms with Crippen molar-refractivity contribution in [2.45, 2.75) is 6.92 Å². The van der Waals surface area contributed by atoms with Crippen molar-refractivity contribution in [2.75, 3.05) is 25.6 Å². The number of hydrogen-bond acceptors (Lipinski definition) is 7. The van der Waals surface area contributed by atoms with Gasteiger partial charge >= 0.3 is 0 Å². The maximum Gasteiger partial charge on any atom is 0.262 e. The molecule has 2 aromatic carbocycles. The molecule has 164 valence electrons. The summed E-state index contributed by atoms with van der Waals surface area (Å²) in [7, 11) is 1.56. The number of aromatic hydroxyl groups is 1. The number of phenolic OH excluding ortho intramolecular Hbond substituents is 1. The quantitative estimate of drug-likeness (QED) is 0.443. The topological polar surface area (TPSA) is 97.4 Å². The number of nitrogens with zero attached hydrogens (tertiary/aromatic N) is 3. The number of methoxy groups -OCH3 is 1. The predicted molar refractivity (Wildman–Crippen MR) is 125 cm³/mol. The Morgan fingerprint density at radius 3 is 3.00 bits per heavy atom. The lowest BCUT2D eigenvalue weighted by molar-refractivity contribution is -0.118. The fourth-order valence-electron chi connectivity index (χ4n) is 3.05. The van der Waals surface area contributed by atoms with Gasteiger partial charge < -0.3 is 19.9 Å². The molecule has 1 aliphatic rings. The number of rotatable bonds is 6. The first-order valence-electron chi connectivity index (χ1n) is 9.78. The molecule has 1 amide bonds. The standard InChI is InChI=1S/C23H22N4O4S/c1-14(2)10-24-23-27(25-11-16-8-17(30-3)5-6-20(16)28)19(13-32-23)15-4-7-21-18(9-15)26-22(29)12-31-21/h4-9,11,13,28H,1,10,12H2,2-3H3,(H,26,29). The Bertz CT molecular complexity index is 1290. The first-order valence-corrected chi connectivity index (χ1v) is 10.7. The Hall–Kier alpha value is -3.85. The van der Waals surface area contributed by atoms with Crippen molar-refractivity contribution in [2.24, 2.45) is 10.1 Å². The molecule has 0 radical (unpaired) electrons. The summed E-state index contributed by atoms with van der Waals surface area (Å²) >= 11 is 1.43. The third-order valence-electron chi connectivity index (χ3n) is 4.62. The second-order valence-corrected chi connectivity index (χ2v) is 8.04. The number of hydrogen-bond donors (Lipinski definition) is 2. The van der Waals surface area contributed by atoms with Gasteiger partial charge in [0.05, 0.1) is 31.3 Å². The van der Waals surface area contributed by atoms with Crippen molar-refractivity contribution in [1.82, 2.24) is 4.68 Å². The highest BCUT2D eigenvalue weighted by Gasteiger charge is 2.18. The average molecular weight is 451 g/mol. The van der Waals surface area contributed by atoms with Gasteiger partial charge in [0.15, 0.2) is 6.61 Å². The third-order valence-corrected chi connectivity index (χ3v) is 5.48. The van der Waals surface area contributed by atoms with E-state index >= 15 is 0 Å². The zero-order valence-electron chi connectivity index (χ0n) is 17.7. The lowest BCUT2D eigenvalue weighted by Gasteiger charge is -2.18. The highest BCUT2D eigenvalue weighted by Crippen LogP contribution is 2.33. The number of carbonyl (C=O) groups excluding carboxylic acids is 1. The Kier molecular flexibility index (Phi) is 6.09. The van der Waals surface area contributed by atoms with Gasteiger partial charge in [-0.15, -0.1) is 11.3 Å². The van der Waals surface area contributed by atoms with Gasteiger partial charge in [-0.3, -0.25) is 9.79 Å². The van der Waals surface area contributed by atoms with E-state index in [-0.39, 0.29) is 18.3 Å². The lowest BCUT2D eigenvalue weighted by atomic mass is 10.1.